The van der Waals surface area contributed by atoms with Crippen LogP contribution in [0.25, 0.3) is 0 Å². The summed E-state index contributed by atoms with van der Waals surface area (Å²) in [5.74, 6) is 0.300. The Labute approximate surface area is 157 Å². The average molecular weight is 395 g/mol. The second-order valence-electron chi connectivity index (χ2n) is 6.17. The van der Waals surface area contributed by atoms with E-state index >= 15 is 0 Å². The number of hydrogen-bond acceptors (Lipinski definition) is 4. The Morgan fingerprint density at radius 2 is 1.88 bits per heavy atom. The molecule has 2 aromatic carbocycles. The Morgan fingerprint density at radius 1 is 1.19 bits per heavy atom. The first-order chi connectivity index (χ1) is 12.3. The van der Waals surface area contributed by atoms with Crippen LogP contribution in [0.1, 0.15) is 18.4 Å². The SMILES string of the molecule is Cc1cc(S(=O)(=O)Nc2ccc(Cl)cc2)ccc1OCC(=O)NC1CC1. The molecule has 2 N–H and O–H groups in total. The third kappa shape index (κ3) is 4.89. The molecule has 138 valence electrons. The van der Waals surface area contributed by atoms with E-state index in [1.807, 2.05) is 0 Å². The molecule has 6 nitrogen and oxygen atoms in total. The number of nitrogens with one attached hydrogen (secondary N) is 2. The largest absolute Gasteiger partial charge is 0.484 e. The van der Waals surface area contributed by atoms with E-state index in [-0.39, 0.29) is 23.5 Å². The number of hydrogen-bond donors (Lipinski definition) is 2. The van der Waals surface area contributed by atoms with Crippen LogP contribution in [0.3, 0.4) is 0 Å². The van der Waals surface area contributed by atoms with Gasteiger partial charge in [-0.25, -0.2) is 8.42 Å². The molecule has 0 spiro atoms. The molecule has 1 fully saturated rings. The van der Waals surface area contributed by atoms with Crippen LogP contribution in [-0.4, -0.2) is 27.0 Å². The van der Waals surface area contributed by atoms with Gasteiger partial charge in [-0.1, -0.05) is 11.6 Å². The normalized spacial score (nSPS) is 13.9. The van der Waals surface area contributed by atoms with E-state index in [9.17, 15) is 13.2 Å². The van der Waals surface area contributed by atoms with Gasteiger partial charge in [0.1, 0.15) is 5.75 Å². The third-order valence-electron chi connectivity index (χ3n) is 3.85. The Bertz CT molecular complexity index is 909. The molecule has 0 aliphatic heterocycles. The van der Waals surface area contributed by atoms with Crippen molar-refractivity contribution in [2.75, 3.05) is 11.3 Å². The van der Waals surface area contributed by atoms with E-state index in [1.54, 1.807) is 37.3 Å². The van der Waals surface area contributed by atoms with E-state index in [0.717, 1.165) is 12.8 Å². The van der Waals surface area contributed by atoms with Crippen molar-refractivity contribution in [1.29, 1.82) is 0 Å². The van der Waals surface area contributed by atoms with Crippen LogP contribution in [0.15, 0.2) is 47.4 Å². The Balaban J connectivity index is 1.67. The van der Waals surface area contributed by atoms with Gasteiger partial charge in [0.15, 0.2) is 6.61 Å². The lowest BCUT2D eigenvalue weighted by molar-refractivity contribution is -0.123. The molecule has 1 saturated carbocycles. The summed E-state index contributed by atoms with van der Waals surface area (Å²) in [6.45, 7) is 1.64. The molecule has 3 rings (SSSR count). The second-order valence-corrected chi connectivity index (χ2v) is 8.29. The van der Waals surface area contributed by atoms with E-state index in [2.05, 4.69) is 10.0 Å². The molecule has 26 heavy (non-hydrogen) atoms. The molecule has 0 bridgehead atoms. The maximum atomic E-state index is 12.5. The van der Waals surface area contributed by atoms with Gasteiger partial charge in [0.05, 0.1) is 4.90 Å². The van der Waals surface area contributed by atoms with Gasteiger partial charge in [-0.15, -0.1) is 0 Å². The maximum Gasteiger partial charge on any atom is 0.261 e. The summed E-state index contributed by atoms with van der Waals surface area (Å²) in [6.07, 6.45) is 2.02. The molecule has 0 saturated heterocycles. The second kappa shape index (κ2) is 7.55. The number of sulfonamides is 1. The first-order valence-corrected chi connectivity index (χ1v) is 10.0. The molecule has 1 aliphatic rings. The highest BCUT2D eigenvalue weighted by Gasteiger charge is 2.23. The molecule has 2 aromatic rings. The fourth-order valence-corrected chi connectivity index (χ4v) is 3.59. The highest BCUT2D eigenvalue weighted by Crippen LogP contribution is 2.24. The summed E-state index contributed by atoms with van der Waals surface area (Å²) < 4.78 is 33.0. The molecule has 0 radical (unpaired) electrons. The van der Waals surface area contributed by atoms with Crippen molar-refractivity contribution in [2.45, 2.75) is 30.7 Å². The van der Waals surface area contributed by atoms with Crippen molar-refractivity contribution in [3.8, 4) is 5.75 Å². The minimum absolute atomic E-state index is 0.0908. The predicted molar refractivity (Wildman–Crippen MR) is 100 cm³/mol. The van der Waals surface area contributed by atoms with Crippen molar-refractivity contribution < 1.29 is 17.9 Å². The predicted octanol–water partition coefficient (Wildman–Crippen LogP) is 3.11. The van der Waals surface area contributed by atoms with Gasteiger partial charge < -0.3 is 10.1 Å². The summed E-state index contributed by atoms with van der Waals surface area (Å²) in [6, 6.07) is 11.2. The first-order valence-electron chi connectivity index (χ1n) is 8.15. The van der Waals surface area contributed by atoms with E-state index in [0.29, 0.717) is 22.0 Å². The van der Waals surface area contributed by atoms with Gasteiger partial charge in [-0.05, 0) is 67.8 Å². The fraction of sp³-hybridized carbons (Fsp3) is 0.278. The standard InChI is InChI=1S/C18H19ClN2O4S/c1-12-10-16(26(23,24)21-15-4-2-13(19)3-5-15)8-9-17(12)25-11-18(22)20-14-6-7-14/h2-5,8-10,14,21H,6-7,11H2,1H3,(H,20,22). The monoisotopic (exact) mass is 394 g/mol. The minimum Gasteiger partial charge on any atom is -0.484 e. The Morgan fingerprint density at radius 3 is 2.50 bits per heavy atom. The molecule has 0 heterocycles. The van der Waals surface area contributed by atoms with Gasteiger partial charge in [-0.3, -0.25) is 9.52 Å². The summed E-state index contributed by atoms with van der Waals surface area (Å²) in [5.41, 5.74) is 1.05. The quantitative estimate of drug-likeness (QED) is 0.755. The molecule has 8 heteroatoms. The van der Waals surface area contributed by atoms with Crippen LogP contribution in [-0.2, 0) is 14.8 Å². The number of carbonyl (C=O) groups excluding carboxylic acids is 1. The molecule has 1 aliphatic carbocycles. The van der Waals surface area contributed by atoms with Gasteiger partial charge in [0.25, 0.3) is 15.9 Å². The van der Waals surface area contributed by atoms with Gasteiger partial charge in [0, 0.05) is 16.8 Å². The number of carbonyl (C=O) groups is 1. The Hall–Kier alpha value is -2.25. The highest BCUT2D eigenvalue weighted by atomic mass is 35.5. The lowest BCUT2D eigenvalue weighted by Crippen LogP contribution is -2.30. The molecule has 0 atom stereocenters. The van der Waals surface area contributed by atoms with Crippen LogP contribution < -0.4 is 14.8 Å². The lowest BCUT2D eigenvalue weighted by atomic mass is 10.2. The van der Waals surface area contributed by atoms with Crippen molar-refractivity contribution >= 4 is 33.2 Å². The number of aryl methyl sites for hydroxylation is 1. The van der Waals surface area contributed by atoms with Crippen LogP contribution in [0.5, 0.6) is 5.75 Å². The molecular weight excluding hydrogens is 376 g/mol. The third-order valence-corrected chi connectivity index (χ3v) is 5.49. The number of amides is 1. The van der Waals surface area contributed by atoms with Crippen molar-refractivity contribution in [3.63, 3.8) is 0 Å². The van der Waals surface area contributed by atoms with Crippen LogP contribution in [0, 0.1) is 6.92 Å². The van der Waals surface area contributed by atoms with Gasteiger partial charge >= 0.3 is 0 Å². The highest BCUT2D eigenvalue weighted by molar-refractivity contribution is 7.92. The maximum absolute atomic E-state index is 12.5. The average Bonchev–Trinajstić information content (AvgIpc) is 3.39. The lowest BCUT2D eigenvalue weighted by Gasteiger charge is -2.12. The molecule has 0 unspecified atom stereocenters. The summed E-state index contributed by atoms with van der Waals surface area (Å²) in [5, 5.41) is 3.36. The number of rotatable bonds is 7. The smallest absolute Gasteiger partial charge is 0.261 e. The van der Waals surface area contributed by atoms with Gasteiger partial charge in [0.2, 0.25) is 0 Å². The van der Waals surface area contributed by atoms with Crippen LogP contribution in [0.2, 0.25) is 5.02 Å². The summed E-state index contributed by atoms with van der Waals surface area (Å²) >= 11 is 5.80. The number of benzene rings is 2. The zero-order valence-corrected chi connectivity index (χ0v) is 15.7. The number of ether oxygens (including phenoxy) is 1. The van der Waals surface area contributed by atoms with E-state index < -0.39 is 10.0 Å². The first kappa shape index (κ1) is 18.5. The van der Waals surface area contributed by atoms with E-state index in [1.165, 1.54) is 12.1 Å². The summed E-state index contributed by atoms with van der Waals surface area (Å²) in [7, 11) is -3.73. The van der Waals surface area contributed by atoms with Gasteiger partial charge in [-0.2, -0.15) is 0 Å². The van der Waals surface area contributed by atoms with E-state index in [4.69, 9.17) is 16.3 Å². The summed E-state index contributed by atoms with van der Waals surface area (Å²) in [4.78, 5) is 11.8. The number of halogens is 1. The van der Waals surface area contributed by atoms with Crippen molar-refractivity contribution in [1.82, 2.24) is 5.32 Å². The number of anilines is 1. The van der Waals surface area contributed by atoms with Crippen LogP contribution >= 0.6 is 11.6 Å². The fourth-order valence-electron chi connectivity index (χ4n) is 2.32. The zero-order valence-electron chi connectivity index (χ0n) is 14.2. The molecule has 0 aromatic heterocycles. The molecule has 1 amide bonds. The topological polar surface area (TPSA) is 84.5 Å². The Kier molecular flexibility index (Phi) is 5.38. The van der Waals surface area contributed by atoms with Crippen molar-refractivity contribution in [3.05, 3.63) is 53.1 Å². The molecular formula is C18H19ClN2O4S. The minimum atomic E-state index is -3.73. The van der Waals surface area contributed by atoms with Crippen molar-refractivity contribution in [2.24, 2.45) is 0 Å². The van der Waals surface area contributed by atoms with Crippen LogP contribution in [0.4, 0.5) is 5.69 Å². The zero-order chi connectivity index (χ0) is 18.7.